The quantitative estimate of drug-likeness (QED) is 0.579. The normalized spacial score (nSPS) is 20.1. The smallest absolute Gasteiger partial charge is 0.235 e. The summed E-state index contributed by atoms with van der Waals surface area (Å²) >= 11 is 1.53. The third-order valence-electron chi connectivity index (χ3n) is 6.12. The van der Waals surface area contributed by atoms with Crippen LogP contribution in [0.2, 0.25) is 0 Å². The van der Waals surface area contributed by atoms with Crippen LogP contribution in [-0.2, 0) is 10.3 Å². The highest BCUT2D eigenvalue weighted by atomic mass is 32.1. The van der Waals surface area contributed by atoms with Crippen molar-refractivity contribution in [2.24, 2.45) is 16.6 Å². The van der Waals surface area contributed by atoms with E-state index in [-0.39, 0.29) is 11.9 Å². The molecule has 4 rings (SSSR count). The summed E-state index contributed by atoms with van der Waals surface area (Å²) in [6, 6.07) is 21.1. The summed E-state index contributed by atoms with van der Waals surface area (Å²) in [6.07, 6.45) is 4.33. The summed E-state index contributed by atoms with van der Waals surface area (Å²) in [5.41, 5.74) is 9.29. The number of allylic oxidation sites excluding steroid dienone is 1. The van der Waals surface area contributed by atoms with E-state index in [4.69, 9.17) is 16.0 Å². The Kier molecular flexibility index (Phi) is 6.32. The van der Waals surface area contributed by atoms with Gasteiger partial charge in [0.2, 0.25) is 5.91 Å². The highest BCUT2D eigenvalue weighted by Gasteiger charge is 2.46. The lowest BCUT2D eigenvalue weighted by molar-refractivity contribution is -0.133. The zero-order chi connectivity index (χ0) is 24.3. The van der Waals surface area contributed by atoms with E-state index in [1.807, 2.05) is 66.9 Å². The van der Waals surface area contributed by atoms with Crippen molar-refractivity contribution in [1.82, 2.24) is 4.90 Å². The van der Waals surface area contributed by atoms with Crippen LogP contribution < -0.4 is 5.73 Å². The molecule has 6 nitrogen and oxygen atoms in total. The molecule has 1 amide bonds. The minimum atomic E-state index is -0.831. The highest BCUT2D eigenvalue weighted by Crippen LogP contribution is 2.44. The summed E-state index contributed by atoms with van der Waals surface area (Å²) in [5, 5.41) is 20.4. The molecule has 1 unspecified atom stereocenters. The number of hydrogen-bond acceptors (Lipinski definition) is 6. The first-order chi connectivity index (χ1) is 16.4. The van der Waals surface area contributed by atoms with E-state index in [1.54, 1.807) is 19.2 Å². The Hall–Kier alpha value is -4.20. The predicted molar refractivity (Wildman–Crippen MR) is 135 cm³/mol. The molecule has 3 aromatic rings. The standard InChI is InChI=1S/C27H23N5OS/c1-27(24-14-22(17-34-24)21-10-4-9-20(13-21)16-29)23(25(33)32(2)26(30)31-27)11-5-7-18-6-3-8-19(12-18)15-28/h3-10,12-14,17,23H,11H2,1-2H3,(H2,30,31)/b7-5+/t23?,27-/m0/s1. The van der Waals surface area contributed by atoms with Crippen molar-refractivity contribution in [1.29, 1.82) is 10.5 Å². The molecule has 34 heavy (non-hydrogen) atoms. The third-order valence-corrected chi connectivity index (χ3v) is 7.28. The summed E-state index contributed by atoms with van der Waals surface area (Å²) in [4.78, 5) is 20.4. The monoisotopic (exact) mass is 465 g/mol. The van der Waals surface area contributed by atoms with E-state index >= 15 is 0 Å². The van der Waals surface area contributed by atoms with Crippen LogP contribution in [0.4, 0.5) is 0 Å². The summed E-state index contributed by atoms with van der Waals surface area (Å²) in [7, 11) is 1.64. The van der Waals surface area contributed by atoms with Crippen LogP contribution in [0.1, 0.15) is 34.9 Å². The van der Waals surface area contributed by atoms with E-state index in [0.717, 1.165) is 21.6 Å². The zero-order valence-corrected chi connectivity index (χ0v) is 19.7. The lowest BCUT2D eigenvalue weighted by Gasteiger charge is -2.39. The Bertz CT molecular complexity index is 1390. The minimum Gasteiger partial charge on any atom is -0.369 e. The predicted octanol–water partition coefficient (Wildman–Crippen LogP) is 4.88. The lowest BCUT2D eigenvalue weighted by atomic mass is 9.79. The average Bonchev–Trinajstić information content (AvgIpc) is 3.36. The molecule has 2 aromatic carbocycles. The van der Waals surface area contributed by atoms with Crippen molar-refractivity contribution < 1.29 is 4.79 Å². The van der Waals surface area contributed by atoms with Crippen molar-refractivity contribution >= 4 is 29.3 Å². The van der Waals surface area contributed by atoms with Crippen LogP contribution in [0.5, 0.6) is 0 Å². The van der Waals surface area contributed by atoms with Crippen molar-refractivity contribution in [3.8, 4) is 23.3 Å². The number of thiophene rings is 1. The summed E-state index contributed by atoms with van der Waals surface area (Å²) < 4.78 is 0. The summed E-state index contributed by atoms with van der Waals surface area (Å²) in [5.74, 6) is -0.347. The summed E-state index contributed by atoms with van der Waals surface area (Å²) in [6.45, 7) is 1.95. The number of carbonyl (C=O) groups is 1. The SMILES string of the molecule is CN1C(=O)C(C/C=C/c2cccc(C#N)c2)[C@@](C)(c2cc(-c3cccc(C#N)c3)cs2)N=C1N. The van der Waals surface area contributed by atoms with E-state index in [0.29, 0.717) is 17.5 Å². The molecule has 0 aliphatic carbocycles. The Balaban J connectivity index is 1.68. The topological polar surface area (TPSA) is 106 Å². The van der Waals surface area contributed by atoms with E-state index in [9.17, 15) is 10.1 Å². The van der Waals surface area contributed by atoms with Crippen molar-refractivity contribution in [2.75, 3.05) is 7.05 Å². The first-order valence-electron chi connectivity index (χ1n) is 10.7. The molecule has 0 fully saturated rings. The molecular weight excluding hydrogens is 442 g/mol. The molecule has 0 saturated carbocycles. The third kappa shape index (κ3) is 4.34. The molecule has 168 valence electrons. The van der Waals surface area contributed by atoms with Gasteiger partial charge >= 0.3 is 0 Å². The van der Waals surface area contributed by atoms with E-state index < -0.39 is 11.5 Å². The van der Waals surface area contributed by atoms with Gasteiger partial charge in [-0.15, -0.1) is 11.3 Å². The maximum absolute atomic E-state index is 13.3. The molecule has 7 heteroatoms. The van der Waals surface area contributed by atoms with Crippen LogP contribution in [-0.4, -0.2) is 23.8 Å². The van der Waals surface area contributed by atoms with Crippen LogP contribution in [0, 0.1) is 28.6 Å². The number of amides is 1. The van der Waals surface area contributed by atoms with Gasteiger partial charge in [-0.25, -0.2) is 4.99 Å². The Morgan fingerprint density at radius 2 is 1.82 bits per heavy atom. The van der Waals surface area contributed by atoms with Gasteiger partial charge in [0.25, 0.3) is 0 Å². The fourth-order valence-electron chi connectivity index (χ4n) is 4.11. The van der Waals surface area contributed by atoms with Crippen LogP contribution in [0.3, 0.4) is 0 Å². The highest BCUT2D eigenvalue weighted by molar-refractivity contribution is 7.10. The van der Waals surface area contributed by atoms with Crippen molar-refractivity contribution in [3.63, 3.8) is 0 Å². The Labute approximate surface area is 202 Å². The molecular formula is C27H23N5OS. The molecule has 2 heterocycles. The number of nitriles is 2. The fraction of sp³-hybridized carbons (Fsp3) is 0.185. The molecule has 2 atom stereocenters. The molecule has 1 aliphatic heterocycles. The molecule has 0 spiro atoms. The number of benzene rings is 2. The van der Waals surface area contributed by atoms with E-state index in [1.165, 1.54) is 16.2 Å². The number of hydrogen-bond donors (Lipinski definition) is 1. The minimum absolute atomic E-state index is 0.0909. The number of nitrogens with two attached hydrogens (primary N) is 1. The number of aliphatic imine (C=N–C) groups is 1. The second-order valence-corrected chi connectivity index (χ2v) is 9.25. The Morgan fingerprint density at radius 1 is 1.12 bits per heavy atom. The van der Waals surface area contributed by atoms with Gasteiger partial charge in [0.05, 0.1) is 29.2 Å². The second-order valence-electron chi connectivity index (χ2n) is 8.33. The van der Waals surface area contributed by atoms with Gasteiger partial charge in [-0.05, 0) is 65.7 Å². The van der Waals surface area contributed by atoms with Gasteiger partial charge in [-0.3, -0.25) is 9.69 Å². The molecule has 1 aromatic heterocycles. The van der Waals surface area contributed by atoms with Crippen LogP contribution >= 0.6 is 11.3 Å². The number of nitrogens with zero attached hydrogens (tertiary/aromatic N) is 4. The average molecular weight is 466 g/mol. The van der Waals surface area contributed by atoms with Gasteiger partial charge in [-0.2, -0.15) is 10.5 Å². The molecule has 2 N–H and O–H groups in total. The van der Waals surface area contributed by atoms with Crippen LogP contribution in [0.25, 0.3) is 17.2 Å². The molecule has 0 radical (unpaired) electrons. The fourth-order valence-corrected chi connectivity index (χ4v) is 5.19. The first-order valence-corrected chi connectivity index (χ1v) is 11.6. The first kappa shape index (κ1) is 23.0. The largest absolute Gasteiger partial charge is 0.369 e. The maximum Gasteiger partial charge on any atom is 0.235 e. The second kappa shape index (κ2) is 9.35. The molecule has 0 saturated heterocycles. The van der Waals surface area contributed by atoms with Gasteiger partial charge < -0.3 is 5.73 Å². The number of guanidine groups is 1. The molecule has 1 aliphatic rings. The Morgan fingerprint density at radius 3 is 2.56 bits per heavy atom. The van der Waals surface area contributed by atoms with Gasteiger partial charge in [0.1, 0.15) is 5.54 Å². The van der Waals surface area contributed by atoms with Gasteiger partial charge in [-0.1, -0.05) is 36.4 Å². The number of carbonyl (C=O) groups excluding carboxylic acids is 1. The zero-order valence-electron chi connectivity index (χ0n) is 18.9. The van der Waals surface area contributed by atoms with Gasteiger partial charge in [0.15, 0.2) is 5.96 Å². The lowest BCUT2D eigenvalue weighted by Crippen LogP contribution is -2.53. The van der Waals surface area contributed by atoms with E-state index in [2.05, 4.69) is 12.1 Å². The van der Waals surface area contributed by atoms with Crippen molar-refractivity contribution in [2.45, 2.75) is 18.9 Å². The van der Waals surface area contributed by atoms with Gasteiger partial charge in [0, 0.05) is 11.9 Å². The molecule has 0 bridgehead atoms. The van der Waals surface area contributed by atoms with Crippen molar-refractivity contribution in [3.05, 3.63) is 87.6 Å². The van der Waals surface area contributed by atoms with Crippen LogP contribution in [0.15, 0.2) is 71.0 Å². The maximum atomic E-state index is 13.3. The number of rotatable bonds is 5.